The van der Waals surface area contributed by atoms with Gasteiger partial charge < -0.3 is 10.8 Å². The van der Waals surface area contributed by atoms with Gasteiger partial charge in [0.2, 0.25) is 0 Å². The van der Waals surface area contributed by atoms with Gasteiger partial charge in [-0.1, -0.05) is 17.7 Å². The fourth-order valence-electron chi connectivity index (χ4n) is 1.09. The molecule has 14 heavy (non-hydrogen) atoms. The van der Waals surface area contributed by atoms with Crippen LogP contribution >= 0.6 is 11.8 Å². The number of rotatable bonds is 5. The van der Waals surface area contributed by atoms with E-state index in [-0.39, 0.29) is 12.6 Å². The monoisotopic (exact) mass is 211 g/mol. The van der Waals surface area contributed by atoms with E-state index in [1.807, 2.05) is 0 Å². The molecule has 1 aromatic rings. The van der Waals surface area contributed by atoms with Crippen molar-refractivity contribution in [3.8, 4) is 0 Å². The molecule has 0 radical (unpaired) electrons. The number of nitrogens with two attached hydrogens (primary N) is 1. The van der Waals surface area contributed by atoms with Crippen molar-refractivity contribution >= 4 is 11.8 Å². The molecular formula is C11H17NOS. The summed E-state index contributed by atoms with van der Waals surface area (Å²) in [7, 11) is 0. The van der Waals surface area contributed by atoms with Crippen molar-refractivity contribution in [2.75, 3.05) is 12.4 Å². The van der Waals surface area contributed by atoms with Gasteiger partial charge in [-0.05, 0) is 25.5 Å². The number of hydrogen-bond acceptors (Lipinski definition) is 3. The fourth-order valence-corrected chi connectivity index (χ4v) is 1.99. The Morgan fingerprint density at radius 1 is 1.36 bits per heavy atom. The second kappa shape index (κ2) is 6.06. The number of aliphatic hydroxyl groups is 1. The highest BCUT2D eigenvalue weighted by atomic mass is 32.2. The lowest BCUT2D eigenvalue weighted by atomic mass is 10.2. The summed E-state index contributed by atoms with van der Waals surface area (Å²) in [5.74, 6) is 0.865. The number of benzene rings is 1. The van der Waals surface area contributed by atoms with Crippen LogP contribution in [0.25, 0.3) is 0 Å². The molecule has 0 heterocycles. The predicted molar refractivity (Wildman–Crippen MR) is 61.6 cm³/mol. The molecule has 0 saturated heterocycles. The Hall–Kier alpha value is -0.510. The average molecular weight is 211 g/mol. The summed E-state index contributed by atoms with van der Waals surface area (Å²) in [4.78, 5) is 1.24. The maximum Gasteiger partial charge on any atom is 0.0446 e. The molecule has 1 aromatic carbocycles. The lowest BCUT2D eigenvalue weighted by Crippen LogP contribution is -2.23. The van der Waals surface area contributed by atoms with Crippen molar-refractivity contribution in [2.24, 2.45) is 5.73 Å². The molecule has 0 saturated carbocycles. The molecule has 0 spiro atoms. The predicted octanol–water partition coefficient (Wildman–Crippen LogP) is 1.80. The van der Waals surface area contributed by atoms with Crippen molar-refractivity contribution in [1.82, 2.24) is 0 Å². The highest BCUT2D eigenvalue weighted by Crippen LogP contribution is 2.19. The van der Waals surface area contributed by atoms with E-state index < -0.39 is 0 Å². The van der Waals surface area contributed by atoms with E-state index in [1.165, 1.54) is 10.5 Å². The van der Waals surface area contributed by atoms with Gasteiger partial charge >= 0.3 is 0 Å². The standard InChI is InChI=1S/C11H17NOS/c1-9-2-4-11(5-3-9)14-8-10(12)6-7-13/h2-5,10,13H,6-8,12H2,1H3. The quantitative estimate of drug-likeness (QED) is 0.730. The summed E-state index contributed by atoms with van der Waals surface area (Å²) in [5, 5.41) is 8.68. The van der Waals surface area contributed by atoms with Crippen LogP contribution in [0.15, 0.2) is 29.2 Å². The van der Waals surface area contributed by atoms with Crippen LogP contribution in [-0.2, 0) is 0 Å². The highest BCUT2D eigenvalue weighted by molar-refractivity contribution is 7.99. The molecule has 2 nitrogen and oxygen atoms in total. The SMILES string of the molecule is Cc1ccc(SCC(N)CCO)cc1. The van der Waals surface area contributed by atoms with E-state index in [9.17, 15) is 0 Å². The maximum atomic E-state index is 8.68. The summed E-state index contributed by atoms with van der Waals surface area (Å²) in [6, 6.07) is 8.49. The first kappa shape index (κ1) is 11.6. The Kier molecular flexibility index (Phi) is 5.01. The third kappa shape index (κ3) is 4.13. The van der Waals surface area contributed by atoms with Crippen LogP contribution in [0.3, 0.4) is 0 Å². The first-order valence-electron chi connectivity index (χ1n) is 4.78. The van der Waals surface area contributed by atoms with Crippen molar-refractivity contribution < 1.29 is 5.11 Å². The summed E-state index contributed by atoms with van der Waals surface area (Å²) in [5.41, 5.74) is 7.05. The summed E-state index contributed by atoms with van der Waals surface area (Å²) < 4.78 is 0. The van der Waals surface area contributed by atoms with Gasteiger partial charge in [0.25, 0.3) is 0 Å². The minimum Gasteiger partial charge on any atom is -0.396 e. The molecule has 0 aliphatic carbocycles. The number of aryl methyl sites for hydroxylation is 1. The molecule has 78 valence electrons. The zero-order valence-corrected chi connectivity index (χ0v) is 9.26. The number of thioether (sulfide) groups is 1. The van der Waals surface area contributed by atoms with E-state index in [4.69, 9.17) is 10.8 Å². The molecular weight excluding hydrogens is 194 g/mol. The minimum atomic E-state index is 0.0892. The normalized spacial score (nSPS) is 12.8. The first-order chi connectivity index (χ1) is 6.72. The molecule has 0 aliphatic heterocycles. The molecule has 0 aromatic heterocycles. The third-order valence-electron chi connectivity index (χ3n) is 1.98. The Labute approximate surface area is 89.5 Å². The van der Waals surface area contributed by atoms with Crippen molar-refractivity contribution in [2.45, 2.75) is 24.3 Å². The zero-order chi connectivity index (χ0) is 10.4. The van der Waals surface area contributed by atoms with Crippen LogP contribution in [0.5, 0.6) is 0 Å². The number of aliphatic hydroxyl groups excluding tert-OH is 1. The topological polar surface area (TPSA) is 46.2 Å². The second-order valence-corrected chi connectivity index (χ2v) is 4.49. The van der Waals surface area contributed by atoms with E-state index in [2.05, 4.69) is 31.2 Å². The molecule has 1 rings (SSSR count). The van der Waals surface area contributed by atoms with Gasteiger partial charge in [0.05, 0.1) is 0 Å². The highest BCUT2D eigenvalue weighted by Gasteiger charge is 2.02. The van der Waals surface area contributed by atoms with Crippen LogP contribution in [0.2, 0.25) is 0 Å². The van der Waals surface area contributed by atoms with E-state index in [1.54, 1.807) is 11.8 Å². The second-order valence-electron chi connectivity index (χ2n) is 3.40. The summed E-state index contributed by atoms with van der Waals surface area (Å²) in [6.07, 6.45) is 0.679. The van der Waals surface area contributed by atoms with Crippen LogP contribution in [0, 0.1) is 6.92 Å². The van der Waals surface area contributed by atoms with E-state index in [0.29, 0.717) is 6.42 Å². The summed E-state index contributed by atoms with van der Waals surface area (Å²) in [6.45, 7) is 2.25. The smallest absolute Gasteiger partial charge is 0.0446 e. The Bertz CT molecular complexity index is 260. The van der Waals surface area contributed by atoms with Gasteiger partial charge in [0.1, 0.15) is 0 Å². The first-order valence-corrected chi connectivity index (χ1v) is 5.77. The van der Waals surface area contributed by atoms with Crippen molar-refractivity contribution in [3.05, 3.63) is 29.8 Å². The molecule has 3 heteroatoms. The van der Waals surface area contributed by atoms with Gasteiger partial charge in [-0.15, -0.1) is 11.8 Å². The van der Waals surface area contributed by atoms with E-state index in [0.717, 1.165) is 5.75 Å². The summed E-state index contributed by atoms with van der Waals surface area (Å²) >= 11 is 1.74. The van der Waals surface area contributed by atoms with Gasteiger partial charge in [0.15, 0.2) is 0 Å². The van der Waals surface area contributed by atoms with Crippen molar-refractivity contribution in [1.29, 1.82) is 0 Å². The third-order valence-corrected chi connectivity index (χ3v) is 3.19. The lowest BCUT2D eigenvalue weighted by molar-refractivity contribution is 0.279. The Morgan fingerprint density at radius 3 is 2.57 bits per heavy atom. The molecule has 0 bridgehead atoms. The number of hydrogen-bond donors (Lipinski definition) is 2. The van der Waals surface area contributed by atoms with Crippen molar-refractivity contribution in [3.63, 3.8) is 0 Å². The maximum absolute atomic E-state index is 8.68. The fraction of sp³-hybridized carbons (Fsp3) is 0.455. The van der Waals surface area contributed by atoms with Crippen LogP contribution in [0.4, 0.5) is 0 Å². The Morgan fingerprint density at radius 2 is 2.00 bits per heavy atom. The van der Waals surface area contributed by atoms with E-state index >= 15 is 0 Å². The minimum absolute atomic E-state index is 0.0892. The van der Waals surface area contributed by atoms with Gasteiger partial charge in [-0.25, -0.2) is 0 Å². The molecule has 0 amide bonds. The molecule has 0 aliphatic rings. The van der Waals surface area contributed by atoms with Gasteiger partial charge in [-0.3, -0.25) is 0 Å². The lowest BCUT2D eigenvalue weighted by Gasteiger charge is -2.09. The molecule has 1 atom stereocenters. The molecule has 3 N–H and O–H groups in total. The van der Waals surface area contributed by atoms with Gasteiger partial charge in [0, 0.05) is 23.3 Å². The van der Waals surface area contributed by atoms with Crippen LogP contribution in [0.1, 0.15) is 12.0 Å². The molecule has 1 unspecified atom stereocenters. The largest absolute Gasteiger partial charge is 0.396 e. The van der Waals surface area contributed by atoms with Crippen LogP contribution in [-0.4, -0.2) is 23.5 Å². The molecule has 0 fully saturated rings. The van der Waals surface area contributed by atoms with Crippen LogP contribution < -0.4 is 5.73 Å². The zero-order valence-electron chi connectivity index (χ0n) is 8.44. The Balaban J connectivity index is 2.34. The van der Waals surface area contributed by atoms with Gasteiger partial charge in [-0.2, -0.15) is 0 Å². The average Bonchev–Trinajstić information content (AvgIpc) is 2.17.